The van der Waals surface area contributed by atoms with Crippen molar-refractivity contribution >= 4 is 39.3 Å². The van der Waals surface area contributed by atoms with Gasteiger partial charge in [-0.1, -0.05) is 41.9 Å². The average Bonchev–Trinajstić information content (AvgIpc) is 2.48. The first-order chi connectivity index (χ1) is 9.66. The number of rotatable bonds is 2. The largest absolute Gasteiger partial charge is 0.276 e. The van der Waals surface area contributed by atoms with Crippen LogP contribution in [0, 0.1) is 0 Å². The third-order valence-electron chi connectivity index (χ3n) is 3.09. The summed E-state index contributed by atoms with van der Waals surface area (Å²) in [6.07, 6.45) is 0. The number of aromatic nitrogens is 1. The molecule has 0 aliphatic heterocycles. The molecule has 98 valence electrons. The Kier molecular flexibility index (Phi) is 3.43. The number of hydrogen-bond acceptors (Lipinski definition) is 2. The minimum atomic E-state index is -0.513. The molecule has 0 saturated carbocycles. The first-order valence-corrected chi connectivity index (χ1v) is 6.77. The van der Waals surface area contributed by atoms with Crippen LogP contribution >= 0.6 is 23.2 Å². The zero-order chi connectivity index (χ0) is 14.1. The van der Waals surface area contributed by atoms with Gasteiger partial charge in [0, 0.05) is 16.5 Å². The Bertz CT molecular complexity index is 800. The van der Waals surface area contributed by atoms with Gasteiger partial charge in [0.1, 0.15) is 0 Å². The van der Waals surface area contributed by atoms with Gasteiger partial charge in [-0.2, -0.15) is 0 Å². The molecule has 0 saturated heterocycles. The SMILES string of the molecule is O=C(Cl)c1ccc(Cl)c2nc(-c3ccccc3)ccc12. The molecule has 1 heterocycles. The van der Waals surface area contributed by atoms with E-state index in [1.54, 1.807) is 12.1 Å². The predicted octanol–water partition coefficient (Wildman–Crippen LogP) is 4.93. The van der Waals surface area contributed by atoms with Crippen LogP contribution in [0.3, 0.4) is 0 Å². The number of carbonyl (C=O) groups is 1. The number of benzene rings is 2. The van der Waals surface area contributed by atoms with Gasteiger partial charge in [0.25, 0.3) is 5.24 Å². The van der Waals surface area contributed by atoms with Crippen LogP contribution in [-0.2, 0) is 0 Å². The van der Waals surface area contributed by atoms with E-state index in [-0.39, 0.29) is 0 Å². The fourth-order valence-electron chi connectivity index (χ4n) is 2.12. The van der Waals surface area contributed by atoms with E-state index in [9.17, 15) is 4.79 Å². The van der Waals surface area contributed by atoms with Crippen LogP contribution in [0.15, 0.2) is 54.6 Å². The van der Waals surface area contributed by atoms with Gasteiger partial charge >= 0.3 is 0 Å². The monoisotopic (exact) mass is 301 g/mol. The fourth-order valence-corrected chi connectivity index (χ4v) is 2.50. The molecule has 3 aromatic rings. The number of carbonyl (C=O) groups excluding carboxylic acids is 1. The molecule has 3 rings (SSSR count). The molecule has 2 aromatic carbocycles. The summed E-state index contributed by atoms with van der Waals surface area (Å²) in [4.78, 5) is 16.0. The van der Waals surface area contributed by atoms with Crippen LogP contribution in [0.2, 0.25) is 5.02 Å². The molecule has 0 unspecified atom stereocenters. The van der Waals surface area contributed by atoms with Gasteiger partial charge < -0.3 is 0 Å². The molecule has 0 radical (unpaired) electrons. The zero-order valence-electron chi connectivity index (χ0n) is 10.3. The number of hydrogen-bond donors (Lipinski definition) is 0. The summed E-state index contributed by atoms with van der Waals surface area (Å²) in [5.41, 5.74) is 2.80. The van der Waals surface area contributed by atoms with Crippen molar-refractivity contribution < 1.29 is 4.79 Å². The van der Waals surface area contributed by atoms with Crippen molar-refractivity contribution in [3.8, 4) is 11.3 Å². The van der Waals surface area contributed by atoms with E-state index in [2.05, 4.69) is 4.98 Å². The summed E-state index contributed by atoms with van der Waals surface area (Å²) in [5, 5.41) is 0.651. The summed E-state index contributed by atoms with van der Waals surface area (Å²) in [5.74, 6) is 0. The van der Waals surface area contributed by atoms with Crippen LogP contribution in [0.4, 0.5) is 0 Å². The maximum atomic E-state index is 11.4. The maximum Gasteiger partial charge on any atom is 0.253 e. The number of fused-ring (bicyclic) bond motifs is 1. The Morgan fingerprint density at radius 1 is 0.950 bits per heavy atom. The first-order valence-electron chi connectivity index (χ1n) is 6.01. The highest BCUT2D eigenvalue weighted by atomic mass is 35.5. The molecule has 20 heavy (non-hydrogen) atoms. The van der Waals surface area contributed by atoms with Gasteiger partial charge in [-0.25, -0.2) is 4.98 Å². The lowest BCUT2D eigenvalue weighted by molar-refractivity contribution is 0.108. The predicted molar refractivity (Wildman–Crippen MR) is 82.4 cm³/mol. The third-order valence-corrected chi connectivity index (χ3v) is 3.60. The van der Waals surface area contributed by atoms with Crippen molar-refractivity contribution in [2.45, 2.75) is 0 Å². The molecule has 0 aliphatic rings. The third kappa shape index (κ3) is 2.28. The summed E-state index contributed by atoms with van der Waals surface area (Å²) in [7, 11) is 0. The van der Waals surface area contributed by atoms with Gasteiger partial charge in [0.2, 0.25) is 0 Å². The minimum Gasteiger partial charge on any atom is -0.276 e. The Morgan fingerprint density at radius 3 is 2.40 bits per heavy atom. The molecular weight excluding hydrogens is 293 g/mol. The molecule has 0 spiro atoms. The lowest BCUT2D eigenvalue weighted by Crippen LogP contribution is -1.94. The summed E-state index contributed by atoms with van der Waals surface area (Å²) in [6, 6.07) is 16.7. The molecule has 4 heteroatoms. The molecule has 2 nitrogen and oxygen atoms in total. The van der Waals surface area contributed by atoms with Gasteiger partial charge in [0.05, 0.1) is 16.2 Å². The summed E-state index contributed by atoms with van der Waals surface area (Å²) >= 11 is 11.8. The molecule has 0 N–H and O–H groups in total. The highest BCUT2D eigenvalue weighted by molar-refractivity contribution is 6.68. The lowest BCUT2D eigenvalue weighted by atomic mass is 10.1. The minimum absolute atomic E-state index is 0.415. The number of halogens is 2. The van der Waals surface area contributed by atoms with Gasteiger partial charge in [0.15, 0.2) is 0 Å². The molecule has 1 aromatic heterocycles. The van der Waals surface area contributed by atoms with Gasteiger partial charge in [-0.15, -0.1) is 0 Å². The Labute approximate surface area is 126 Å². The first kappa shape index (κ1) is 13.1. The second-order valence-electron chi connectivity index (χ2n) is 4.33. The molecular formula is C16H9Cl2NO. The van der Waals surface area contributed by atoms with Crippen LogP contribution in [0.5, 0.6) is 0 Å². The fraction of sp³-hybridized carbons (Fsp3) is 0. The Hall–Kier alpha value is -1.90. The standard InChI is InChI=1S/C16H9Cl2NO/c17-13-8-6-12(16(18)20)11-7-9-14(19-15(11)13)10-4-2-1-3-5-10/h1-9H. The molecule has 0 fully saturated rings. The van der Waals surface area contributed by atoms with Crippen molar-refractivity contribution in [1.29, 1.82) is 0 Å². The quantitative estimate of drug-likeness (QED) is 0.628. The van der Waals surface area contributed by atoms with Crippen molar-refractivity contribution in [3.05, 3.63) is 65.2 Å². The summed E-state index contributed by atoms with van der Waals surface area (Å²) in [6.45, 7) is 0. The van der Waals surface area contributed by atoms with E-state index < -0.39 is 5.24 Å². The second-order valence-corrected chi connectivity index (χ2v) is 5.08. The Morgan fingerprint density at radius 2 is 1.70 bits per heavy atom. The van der Waals surface area contributed by atoms with Crippen molar-refractivity contribution in [1.82, 2.24) is 4.98 Å². The second kappa shape index (κ2) is 5.23. The smallest absolute Gasteiger partial charge is 0.253 e. The van der Waals surface area contributed by atoms with Crippen molar-refractivity contribution in [3.63, 3.8) is 0 Å². The van der Waals surface area contributed by atoms with Crippen LogP contribution < -0.4 is 0 Å². The molecule has 0 atom stereocenters. The summed E-state index contributed by atoms with van der Waals surface area (Å²) < 4.78 is 0. The van der Waals surface area contributed by atoms with Crippen molar-refractivity contribution in [2.24, 2.45) is 0 Å². The normalized spacial score (nSPS) is 10.7. The van der Waals surface area contributed by atoms with E-state index in [1.165, 1.54) is 0 Å². The van der Waals surface area contributed by atoms with Gasteiger partial charge in [-0.05, 0) is 35.9 Å². The van der Waals surface area contributed by atoms with E-state index in [4.69, 9.17) is 23.2 Å². The maximum absolute atomic E-state index is 11.4. The van der Waals surface area contributed by atoms with Crippen LogP contribution in [0.1, 0.15) is 10.4 Å². The highest BCUT2D eigenvalue weighted by Crippen LogP contribution is 2.29. The molecule has 0 aliphatic carbocycles. The Balaban J connectivity index is 2.27. The average molecular weight is 302 g/mol. The topological polar surface area (TPSA) is 30.0 Å². The van der Waals surface area contributed by atoms with Gasteiger partial charge in [-0.3, -0.25) is 4.79 Å². The van der Waals surface area contributed by atoms with E-state index in [1.807, 2.05) is 42.5 Å². The molecule has 0 bridgehead atoms. The van der Waals surface area contributed by atoms with Crippen LogP contribution in [-0.4, -0.2) is 10.2 Å². The number of pyridine rings is 1. The number of nitrogens with zero attached hydrogens (tertiary/aromatic N) is 1. The lowest BCUT2D eigenvalue weighted by Gasteiger charge is -2.07. The van der Waals surface area contributed by atoms with E-state index in [0.717, 1.165) is 11.3 Å². The van der Waals surface area contributed by atoms with E-state index in [0.29, 0.717) is 21.5 Å². The highest BCUT2D eigenvalue weighted by Gasteiger charge is 2.12. The molecule has 0 amide bonds. The zero-order valence-corrected chi connectivity index (χ0v) is 11.8. The van der Waals surface area contributed by atoms with Crippen LogP contribution in [0.25, 0.3) is 22.2 Å². The van der Waals surface area contributed by atoms with E-state index >= 15 is 0 Å². The van der Waals surface area contributed by atoms with Crippen molar-refractivity contribution in [2.75, 3.05) is 0 Å².